The van der Waals surface area contributed by atoms with Crippen LogP contribution in [0.25, 0.3) is 0 Å². The van der Waals surface area contributed by atoms with Gasteiger partial charge < -0.3 is 10.1 Å². The number of amides is 1. The van der Waals surface area contributed by atoms with Gasteiger partial charge in [0.15, 0.2) is 0 Å². The summed E-state index contributed by atoms with van der Waals surface area (Å²) in [6.07, 6.45) is 5.33. The molecule has 1 amide bonds. The first-order valence-electron chi connectivity index (χ1n) is 10.3. The highest BCUT2D eigenvalue weighted by atomic mass is 79.9. The van der Waals surface area contributed by atoms with Gasteiger partial charge in [-0.15, -0.1) is 0 Å². The number of rotatable bonds is 8. The van der Waals surface area contributed by atoms with Crippen molar-refractivity contribution >= 4 is 27.5 Å². The van der Waals surface area contributed by atoms with Crippen LogP contribution in [0, 0.1) is 6.92 Å². The Labute approximate surface area is 195 Å². The molecule has 0 saturated heterocycles. The van der Waals surface area contributed by atoms with Gasteiger partial charge in [0.2, 0.25) is 0 Å². The van der Waals surface area contributed by atoms with Gasteiger partial charge in [-0.05, 0) is 59.6 Å². The standard InChI is InChI=1S/C24H24BrN5O2/c1-3-30-17(2)20(12-27-30)14-29-15-21(13-26-29)28-24(31)19-10-8-18(9-11-19)16-32-23-7-5-4-6-22(23)25/h4-13,15H,3,14,16H2,1-2H3,(H,28,31). The predicted molar refractivity (Wildman–Crippen MR) is 127 cm³/mol. The molecule has 32 heavy (non-hydrogen) atoms. The number of carbonyl (C=O) groups excluding carboxylic acids is 1. The molecule has 0 atom stereocenters. The highest BCUT2D eigenvalue weighted by molar-refractivity contribution is 9.10. The molecule has 2 heterocycles. The van der Waals surface area contributed by atoms with E-state index in [4.69, 9.17) is 4.74 Å². The Kier molecular flexibility index (Phi) is 6.70. The molecule has 0 unspecified atom stereocenters. The average molecular weight is 494 g/mol. The lowest BCUT2D eigenvalue weighted by atomic mass is 10.1. The van der Waals surface area contributed by atoms with Crippen LogP contribution in [0.4, 0.5) is 5.69 Å². The van der Waals surface area contributed by atoms with Gasteiger partial charge in [-0.3, -0.25) is 14.2 Å². The van der Waals surface area contributed by atoms with E-state index in [9.17, 15) is 4.79 Å². The molecule has 0 fully saturated rings. The van der Waals surface area contributed by atoms with E-state index in [0.29, 0.717) is 24.4 Å². The van der Waals surface area contributed by atoms with E-state index in [1.165, 1.54) is 0 Å². The number of halogens is 1. The van der Waals surface area contributed by atoms with Crippen LogP contribution in [0.1, 0.15) is 34.1 Å². The van der Waals surface area contributed by atoms with E-state index in [-0.39, 0.29) is 5.91 Å². The summed E-state index contributed by atoms with van der Waals surface area (Å²) in [5.74, 6) is 0.598. The molecule has 2 aromatic heterocycles. The Hall–Kier alpha value is -3.39. The van der Waals surface area contributed by atoms with Gasteiger partial charge in [0.05, 0.1) is 29.1 Å². The SMILES string of the molecule is CCn1ncc(Cn2cc(NC(=O)c3ccc(COc4ccccc4Br)cc3)cn2)c1C. The van der Waals surface area contributed by atoms with Gasteiger partial charge in [-0.25, -0.2) is 0 Å². The van der Waals surface area contributed by atoms with Crippen LogP contribution in [0.3, 0.4) is 0 Å². The summed E-state index contributed by atoms with van der Waals surface area (Å²) in [6, 6.07) is 15.1. The van der Waals surface area contributed by atoms with Gasteiger partial charge in [-0.2, -0.15) is 10.2 Å². The van der Waals surface area contributed by atoms with Crippen molar-refractivity contribution in [1.82, 2.24) is 19.6 Å². The number of nitrogens with zero attached hydrogens (tertiary/aromatic N) is 4. The molecule has 0 spiro atoms. The van der Waals surface area contributed by atoms with Crippen molar-refractivity contribution in [2.45, 2.75) is 33.5 Å². The number of hydrogen-bond donors (Lipinski definition) is 1. The molecule has 0 aliphatic rings. The zero-order valence-corrected chi connectivity index (χ0v) is 19.5. The van der Waals surface area contributed by atoms with Gasteiger partial charge in [-0.1, -0.05) is 24.3 Å². The average Bonchev–Trinajstić information content (AvgIpc) is 3.39. The van der Waals surface area contributed by atoms with Crippen molar-refractivity contribution in [2.24, 2.45) is 0 Å². The van der Waals surface area contributed by atoms with Crippen molar-refractivity contribution in [3.63, 3.8) is 0 Å². The number of aromatic nitrogens is 4. The van der Waals surface area contributed by atoms with Crippen LogP contribution in [0.2, 0.25) is 0 Å². The Bertz CT molecular complexity index is 1210. The zero-order valence-electron chi connectivity index (χ0n) is 18.0. The molecular formula is C24H24BrN5O2. The Morgan fingerprint density at radius 1 is 1.09 bits per heavy atom. The number of benzene rings is 2. The smallest absolute Gasteiger partial charge is 0.255 e. The fraction of sp³-hybridized carbons (Fsp3) is 0.208. The minimum Gasteiger partial charge on any atom is -0.488 e. The van der Waals surface area contributed by atoms with Crippen molar-refractivity contribution in [3.8, 4) is 5.75 Å². The normalized spacial score (nSPS) is 10.8. The molecule has 164 valence electrons. The van der Waals surface area contributed by atoms with Gasteiger partial charge in [0.25, 0.3) is 5.91 Å². The maximum atomic E-state index is 12.6. The van der Waals surface area contributed by atoms with Crippen LogP contribution in [-0.4, -0.2) is 25.5 Å². The number of aryl methyl sites for hydroxylation is 1. The van der Waals surface area contributed by atoms with Crippen LogP contribution >= 0.6 is 15.9 Å². The summed E-state index contributed by atoms with van der Waals surface area (Å²) in [6.45, 7) is 5.97. The number of hydrogen-bond acceptors (Lipinski definition) is 4. The molecule has 1 N–H and O–H groups in total. The zero-order chi connectivity index (χ0) is 22.5. The number of anilines is 1. The molecule has 0 bridgehead atoms. The van der Waals surface area contributed by atoms with Crippen LogP contribution in [0.5, 0.6) is 5.75 Å². The third kappa shape index (κ3) is 5.08. The minimum atomic E-state index is -0.183. The summed E-state index contributed by atoms with van der Waals surface area (Å²) in [4.78, 5) is 12.6. The van der Waals surface area contributed by atoms with E-state index >= 15 is 0 Å². The lowest BCUT2D eigenvalue weighted by Gasteiger charge is -2.09. The predicted octanol–water partition coefficient (Wildman–Crippen LogP) is 5.05. The summed E-state index contributed by atoms with van der Waals surface area (Å²) in [5.41, 5.74) is 4.43. The molecule has 7 nitrogen and oxygen atoms in total. The van der Waals surface area contributed by atoms with E-state index < -0.39 is 0 Å². The van der Waals surface area contributed by atoms with Crippen molar-refractivity contribution < 1.29 is 9.53 Å². The maximum Gasteiger partial charge on any atom is 0.255 e. The van der Waals surface area contributed by atoms with E-state index in [1.54, 1.807) is 23.0 Å². The lowest BCUT2D eigenvalue weighted by molar-refractivity contribution is 0.102. The second kappa shape index (κ2) is 9.82. The first kappa shape index (κ1) is 21.8. The second-order valence-electron chi connectivity index (χ2n) is 7.37. The quantitative estimate of drug-likeness (QED) is 0.372. The Morgan fingerprint density at radius 3 is 2.59 bits per heavy atom. The Balaban J connectivity index is 1.34. The largest absolute Gasteiger partial charge is 0.488 e. The third-order valence-corrected chi connectivity index (χ3v) is 5.83. The molecule has 2 aromatic carbocycles. The molecule has 4 rings (SSSR count). The molecule has 0 aliphatic carbocycles. The monoisotopic (exact) mass is 493 g/mol. The van der Waals surface area contributed by atoms with E-state index in [2.05, 4.69) is 38.4 Å². The fourth-order valence-electron chi connectivity index (χ4n) is 3.33. The van der Waals surface area contributed by atoms with Crippen LogP contribution in [0.15, 0.2) is 71.6 Å². The molecule has 0 aliphatic heterocycles. The minimum absolute atomic E-state index is 0.183. The van der Waals surface area contributed by atoms with Gasteiger partial charge in [0.1, 0.15) is 12.4 Å². The molecule has 4 aromatic rings. The number of ether oxygens (including phenoxy) is 1. The summed E-state index contributed by atoms with van der Waals surface area (Å²) in [5, 5.41) is 11.6. The Morgan fingerprint density at radius 2 is 1.88 bits per heavy atom. The number of nitrogens with one attached hydrogen (secondary N) is 1. The third-order valence-electron chi connectivity index (χ3n) is 5.17. The molecule has 8 heteroatoms. The second-order valence-corrected chi connectivity index (χ2v) is 8.22. The molecule has 0 radical (unpaired) electrons. The number of carbonyl (C=O) groups is 1. The van der Waals surface area contributed by atoms with Crippen molar-refractivity contribution in [1.29, 1.82) is 0 Å². The summed E-state index contributed by atoms with van der Waals surface area (Å²) in [7, 11) is 0. The highest BCUT2D eigenvalue weighted by Gasteiger charge is 2.10. The summed E-state index contributed by atoms with van der Waals surface area (Å²) >= 11 is 3.47. The van der Waals surface area contributed by atoms with Crippen molar-refractivity contribution in [3.05, 3.63) is 94.0 Å². The van der Waals surface area contributed by atoms with Gasteiger partial charge >= 0.3 is 0 Å². The summed E-state index contributed by atoms with van der Waals surface area (Å²) < 4.78 is 10.5. The lowest BCUT2D eigenvalue weighted by Crippen LogP contribution is -2.11. The first-order chi connectivity index (χ1) is 15.5. The topological polar surface area (TPSA) is 74.0 Å². The first-order valence-corrected chi connectivity index (χ1v) is 11.1. The van der Waals surface area contributed by atoms with E-state index in [0.717, 1.165) is 33.6 Å². The maximum absolute atomic E-state index is 12.6. The molecule has 0 saturated carbocycles. The van der Waals surface area contributed by atoms with Gasteiger partial charge in [0, 0.05) is 29.6 Å². The van der Waals surface area contributed by atoms with E-state index in [1.807, 2.05) is 60.4 Å². The fourth-order valence-corrected chi connectivity index (χ4v) is 3.73. The number of para-hydroxylation sites is 1. The highest BCUT2D eigenvalue weighted by Crippen LogP contribution is 2.24. The molecular weight excluding hydrogens is 470 g/mol. The van der Waals surface area contributed by atoms with Crippen LogP contribution in [-0.2, 0) is 19.7 Å². The van der Waals surface area contributed by atoms with Crippen molar-refractivity contribution in [2.75, 3.05) is 5.32 Å². The van der Waals surface area contributed by atoms with Crippen LogP contribution < -0.4 is 10.1 Å².